The van der Waals surface area contributed by atoms with Gasteiger partial charge in [0.2, 0.25) is 12.3 Å². The number of carbonyl (C=O) groups excluding carboxylic acids is 1. The van der Waals surface area contributed by atoms with Gasteiger partial charge >= 0.3 is 5.97 Å². The second kappa shape index (κ2) is 16.5. The molecule has 0 atom stereocenters. The number of pyridine rings is 1. The molecular weight excluding hydrogens is 558 g/mol. The molecule has 0 aliphatic carbocycles. The Morgan fingerprint density at radius 1 is 0.977 bits per heavy atom. The standard InChI is InChI=1S/C33H41N3O4S.C2H6/c1-2-3-4-5-11-33(38)40-25-36(20-17-35(18-21-36)30-9-8-10-31-28(30)16-23-41-31)19-6-7-22-39-27-14-12-26-13-15-32(37)34-29(26)24-27;1-2/h8-10,12-16,23-24H,2-7,11,17-22,25H2,1H3;1-2H3/p+1. The van der Waals surface area contributed by atoms with Crippen LogP contribution in [0.4, 0.5) is 5.69 Å². The first kappa shape index (κ1) is 32.6. The molecule has 43 heavy (non-hydrogen) atoms. The van der Waals surface area contributed by atoms with Crippen molar-refractivity contribution < 1.29 is 18.8 Å². The smallest absolute Gasteiger partial charge is 0.310 e. The van der Waals surface area contributed by atoms with Crippen LogP contribution in [0.1, 0.15) is 65.7 Å². The van der Waals surface area contributed by atoms with E-state index in [1.54, 1.807) is 11.3 Å². The van der Waals surface area contributed by atoms with Crippen molar-refractivity contribution in [2.45, 2.75) is 65.7 Å². The Morgan fingerprint density at radius 2 is 1.79 bits per heavy atom. The number of fused-ring (bicyclic) bond motifs is 2. The summed E-state index contributed by atoms with van der Waals surface area (Å²) in [6.07, 6.45) is 6.73. The molecule has 0 unspecified atom stereocenters. The van der Waals surface area contributed by atoms with Gasteiger partial charge in [-0.3, -0.25) is 14.1 Å². The molecule has 1 fully saturated rings. The van der Waals surface area contributed by atoms with Gasteiger partial charge in [-0.2, -0.15) is 0 Å². The average Bonchev–Trinajstić information content (AvgIpc) is 3.53. The van der Waals surface area contributed by atoms with Crippen molar-refractivity contribution in [3.8, 4) is 5.75 Å². The van der Waals surface area contributed by atoms with Crippen molar-refractivity contribution in [3.63, 3.8) is 0 Å². The fraction of sp³-hybridized carbons (Fsp3) is 0.486. The van der Waals surface area contributed by atoms with Gasteiger partial charge in [-0.05, 0) is 66.4 Å². The lowest BCUT2D eigenvalue weighted by atomic mass is 10.1. The molecule has 8 heteroatoms. The number of thiophene rings is 1. The number of anilines is 1. The van der Waals surface area contributed by atoms with Gasteiger partial charge in [-0.25, -0.2) is 0 Å². The Morgan fingerprint density at radius 3 is 2.60 bits per heavy atom. The number of unbranched alkanes of at least 4 members (excludes halogenated alkanes) is 4. The zero-order chi connectivity index (χ0) is 30.5. The van der Waals surface area contributed by atoms with E-state index in [0.717, 1.165) is 86.0 Å². The molecule has 1 N–H and O–H groups in total. The predicted octanol–water partition coefficient (Wildman–Crippen LogP) is 7.74. The highest BCUT2D eigenvalue weighted by molar-refractivity contribution is 7.17. The molecule has 0 saturated carbocycles. The maximum absolute atomic E-state index is 12.6. The van der Waals surface area contributed by atoms with E-state index >= 15 is 0 Å². The van der Waals surface area contributed by atoms with Crippen molar-refractivity contribution >= 4 is 44.0 Å². The van der Waals surface area contributed by atoms with Crippen LogP contribution in [0.15, 0.2) is 64.8 Å². The van der Waals surface area contributed by atoms with Crippen LogP contribution in [0, 0.1) is 0 Å². The zero-order valence-electron chi connectivity index (χ0n) is 26.1. The third-order valence-electron chi connectivity index (χ3n) is 8.23. The molecule has 0 amide bonds. The molecule has 232 valence electrons. The number of hydrogen-bond donors (Lipinski definition) is 1. The first-order valence-electron chi connectivity index (χ1n) is 16.0. The molecule has 0 radical (unpaired) electrons. The van der Waals surface area contributed by atoms with Gasteiger partial charge in [0.15, 0.2) is 0 Å². The topological polar surface area (TPSA) is 71.6 Å². The van der Waals surface area contributed by atoms with E-state index in [1.165, 1.54) is 28.3 Å². The summed E-state index contributed by atoms with van der Waals surface area (Å²) in [7, 11) is 0. The monoisotopic (exact) mass is 606 g/mol. The third-order valence-corrected chi connectivity index (χ3v) is 9.11. The fourth-order valence-electron chi connectivity index (χ4n) is 5.74. The van der Waals surface area contributed by atoms with Gasteiger partial charge < -0.3 is 19.4 Å². The Kier molecular flexibility index (Phi) is 12.5. The summed E-state index contributed by atoms with van der Waals surface area (Å²) in [5, 5.41) is 4.47. The molecular formula is C35H48N3O4S+. The van der Waals surface area contributed by atoms with E-state index in [2.05, 4.69) is 46.5 Å². The van der Waals surface area contributed by atoms with Crippen LogP contribution in [0.3, 0.4) is 0 Å². The van der Waals surface area contributed by atoms with Crippen LogP contribution in [-0.2, 0) is 9.53 Å². The normalized spacial score (nSPS) is 14.3. The first-order chi connectivity index (χ1) is 21.0. The number of piperazine rings is 1. The Bertz CT molecular complexity index is 1490. The second-order valence-corrected chi connectivity index (χ2v) is 12.1. The maximum atomic E-state index is 12.6. The van der Waals surface area contributed by atoms with Crippen molar-refractivity contribution in [3.05, 3.63) is 70.3 Å². The number of ether oxygens (including phenoxy) is 2. The lowest BCUT2D eigenvalue weighted by Gasteiger charge is -2.45. The van der Waals surface area contributed by atoms with E-state index in [1.807, 2.05) is 38.1 Å². The maximum Gasteiger partial charge on any atom is 0.310 e. The molecule has 1 aliphatic rings. The predicted molar refractivity (Wildman–Crippen MR) is 179 cm³/mol. The zero-order valence-corrected chi connectivity index (χ0v) is 26.9. The molecule has 2 aromatic heterocycles. The second-order valence-electron chi connectivity index (χ2n) is 11.2. The van der Waals surface area contributed by atoms with Crippen LogP contribution in [0.25, 0.3) is 21.0 Å². The van der Waals surface area contributed by atoms with E-state index in [-0.39, 0.29) is 11.5 Å². The molecule has 0 bridgehead atoms. The average molecular weight is 607 g/mol. The van der Waals surface area contributed by atoms with Crippen molar-refractivity contribution in [2.24, 2.45) is 0 Å². The Labute approximate surface area is 260 Å². The summed E-state index contributed by atoms with van der Waals surface area (Å²) < 4.78 is 14.0. The summed E-state index contributed by atoms with van der Waals surface area (Å²) in [4.78, 5) is 29.6. The highest BCUT2D eigenvalue weighted by Crippen LogP contribution is 2.32. The SMILES string of the molecule is CC.CCCCCCC(=O)OC[N+]1(CCCCOc2ccc3ccc(=O)[nH]c3c2)CCN(c2cccc3sccc23)CC1. The number of carbonyl (C=O) groups is 1. The van der Waals surface area contributed by atoms with Gasteiger partial charge in [0.25, 0.3) is 0 Å². The number of H-pyrrole nitrogens is 1. The van der Waals surface area contributed by atoms with Crippen molar-refractivity contribution in [1.29, 1.82) is 0 Å². The minimum Gasteiger partial charge on any atom is -0.494 e. The minimum absolute atomic E-state index is 0.0678. The van der Waals surface area contributed by atoms with Gasteiger partial charge in [0.05, 0.1) is 44.8 Å². The number of esters is 1. The molecule has 5 rings (SSSR count). The van der Waals surface area contributed by atoms with Crippen molar-refractivity contribution in [1.82, 2.24) is 4.98 Å². The van der Waals surface area contributed by atoms with Gasteiger partial charge in [0.1, 0.15) is 5.75 Å². The van der Waals surface area contributed by atoms with E-state index in [9.17, 15) is 9.59 Å². The van der Waals surface area contributed by atoms with E-state index < -0.39 is 0 Å². The third kappa shape index (κ3) is 9.07. The quantitative estimate of drug-likeness (QED) is 0.0903. The first-order valence-corrected chi connectivity index (χ1v) is 16.9. The number of rotatable bonds is 14. The molecule has 1 saturated heterocycles. The number of nitrogens with zero attached hydrogens (tertiary/aromatic N) is 2. The van der Waals surface area contributed by atoms with Crippen LogP contribution < -0.4 is 15.2 Å². The summed E-state index contributed by atoms with van der Waals surface area (Å²) in [5.41, 5.74) is 1.98. The highest BCUT2D eigenvalue weighted by Gasteiger charge is 2.34. The molecule has 1 aliphatic heterocycles. The van der Waals surface area contributed by atoms with Gasteiger partial charge in [-0.1, -0.05) is 46.1 Å². The molecule has 0 spiro atoms. The molecule has 3 heterocycles. The highest BCUT2D eigenvalue weighted by atomic mass is 32.1. The van der Waals surface area contributed by atoms with Crippen LogP contribution in [-0.4, -0.2) is 61.5 Å². The van der Waals surface area contributed by atoms with Gasteiger partial charge in [0, 0.05) is 34.3 Å². The molecule has 4 aromatic rings. The summed E-state index contributed by atoms with van der Waals surface area (Å²) in [6.45, 7) is 12.0. The van der Waals surface area contributed by atoms with Crippen LogP contribution in [0.5, 0.6) is 5.75 Å². The number of quaternary nitrogens is 1. The van der Waals surface area contributed by atoms with Crippen LogP contribution in [0.2, 0.25) is 0 Å². The summed E-state index contributed by atoms with van der Waals surface area (Å²) in [6, 6.07) is 17.9. The number of aromatic nitrogens is 1. The lowest BCUT2D eigenvalue weighted by Crippen LogP contribution is -2.61. The Hall–Kier alpha value is -3.36. The van der Waals surface area contributed by atoms with E-state index in [0.29, 0.717) is 19.8 Å². The largest absolute Gasteiger partial charge is 0.494 e. The molecule has 2 aromatic carbocycles. The number of hydrogen-bond acceptors (Lipinski definition) is 6. The summed E-state index contributed by atoms with van der Waals surface area (Å²) in [5.74, 6) is 0.693. The number of nitrogens with one attached hydrogen (secondary N) is 1. The van der Waals surface area contributed by atoms with Gasteiger partial charge in [-0.15, -0.1) is 11.3 Å². The summed E-state index contributed by atoms with van der Waals surface area (Å²) >= 11 is 1.79. The number of benzene rings is 2. The Balaban J connectivity index is 0.00000207. The number of aromatic amines is 1. The van der Waals surface area contributed by atoms with E-state index in [4.69, 9.17) is 9.47 Å². The van der Waals surface area contributed by atoms with Crippen LogP contribution >= 0.6 is 11.3 Å². The fourth-order valence-corrected chi connectivity index (χ4v) is 6.54. The lowest BCUT2D eigenvalue weighted by molar-refractivity contribution is -0.944. The van der Waals surface area contributed by atoms with Crippen molar-refractivity contribution in [2.75, 3.05) is 51.0 Å². The minimum atomic E-state index is -0.113. The molecule has 7 nitrogen and oxygen atoms in total.